The number of ether oxygens (including phenoxy) is 1. The number of nitrogens with zero attached hydrogens (tertiary/aromatic N) is 1. The fourth-order valence-corrected chi connectivity index (χ4v) is 3.15. The van der Waals surface area contributed by atoms with Crippen molar-refractivity contribution in [1.29, 1.82) is 0 Å². The third kappa shape index (κ3) is 4.48. The number of carbonyl (C=O) groups is 2. The van der Waals surface area contributed by atoms with Crippen LogP contribution in [-0.4, -0.2) is 35.9 Å². The summed E-state index contributed by atoms with van der Waals surface area (Å²) in [7, 11) is 0. The second-order valence-corrected chi connectivity index (χ2v) is 7.04. The Morgan fingerprint density at radius 3 is 2.44 bits per heavy atom. The van der Waals surface area contributed by atoms with Gasteiger partial charge in [0.1, 0.15) is 5.75 Å². The van der Waals surface area contributed by atoms with Crippen molar-refractivity contribution < 1.29 is 14.3 Å². The maximum absolute atomic E-state index is 12.7. The maximum Gasteiger partial charge on any atom is 0.265 e. The maximum atomic E-state index is 12.7. The average molecular weight is 366 g/mol. The molecule has 0 aromatic heterocycles. The Balaban J connectivity index is 1.70. The number of aryl methyl sites for hydroxylation is 2. The summed E-state index contributed by atoms with van der Waals surface area (Å²) in [5, 5.41) is 2.85. The van der Waals surface area contributed by atoms with Gasteiger partial charge in [-0.25, -0.2) is 0 Å². The quantitative estimate of drug-likeness (QED) is 0.872. The van der Waals surface area contributed by atoms with Crippen LogP contribution in [0.25, 0.3) is 0 Å². The molecule has 2 aromatic carbocycles. The van der Waals surface area contributed by atoms with E-state index in [2.05, 4.69) is 5.32 Å². The highest BCUT2D eigenvalue weighted by Gasteiger charge is 2.23. The second-order valence-electron chi connectivity index (χ2n) is 7.04. The first-order valence-electron chi connectivity index (χ1n) is 9.39. The van der Waals surface area contributed by atoms with Crippen molar-refractivity contribution in [3.63, 3.8) is 0 Å². The van der Waals surface area contributed by atoms with Gasteiger partial charge in [-0.1, -0.05) is 18.2 Å². The van der Waals surface area contributed by atoms with Crippen molar-refractivity contribution in [2.45, 2.75) is 39.7 Å². The normalized spacial score (nSPS) is 14.7. The highest BCUT2D eigenvalue weighted by molar-refractivity contribution is 6.04. The van der Waals surface area contributed by atoms with Crippen LogP contribution in [0.4, 0.5) is 5.69 Å². The molecule has 5 nitrogen and oxygen atoms in total. The van der Waals surface area contributed by atoms with Crippen LogP contribution in [0.3, 0.4) is 0 Å². The van der Waals surface area contributed by atoms with E-state index in [1.165, 1.54) is 5.56 Å². The predicted molar refractivity (Wildman–Crippen MR) is 106 cm³/mol. The molecule has 1 heterocycles. The van der Waals surface area contributed by atoms with E-state index >= 15 is 0 Å². The zero-order valence-corrected chi connectivity index (χ0v) is 16.1. The molecule has 1 fully saturated rings. The molecule has 0 saturated carbocycles. The summed E-state index contributed by atoms with van der Waals surface area (Å²) in [4.78, 5) is 27.2. The summed E-state index contributed by atoms with van der Waals surface area (Å²) >= 11 is 0. The molecule has 0 bridgehead atoms. The number of anilines is 1. The van der Waals surface area contributed by atoms with Crippen LogP contribution in [0.2, 0.25) is 0 Å². The Kier molecular flexibility index (Phi) is 5.79. The number of hydrogen-bond donors (Lipinski definition) is 1. The zero-order chi connectivity index (χ0) is 19.4. The van der Waals surface area contributed by atoms with E-state index in [4.69, 9.17) is 4.74 Å². The molecule has 2 aromatic rings. The van der Waals surface area contributed by atoms with E-state index in [0.29, 0.717) is 17.0 Å². The second kappa shape index (κ2) is 8.25. The van der Waals surface area contributed by atoms with Crippen LogP contribution < -0.4 is 10.1 Å². The molecule has 1 atom stereocenters. The Morgan fingerprint density at radius 1 is 1.04 bits per heavy atom. The van der Waals surface area contributed by atoms with Crippen molar-refractivity contribution >= 4 is 17.5 Å². The summed E-state index contributed by atoms with van der Waals surface area (Å²) < 4.78 is 5.78. The summed E-state index contributed by atoms with van der Waals surface area (Å²) in [5.74, 6) is 0.336. The smallest absolute Gasteiger partial charge is 0.265 e. The molecule has 27 heavy (non-hydrogen) atoms. The molecule has 3 rings (SSSR count). The number of benzene rings is 2. The van der Waals surface area contributed by atoms with E-state index in [1.807, 2.05) is 49.1 Å². The van der Waals surface area contributed by atoms with Crippen molar-refractivity contribution in [2.24, 2.45) is 0 Å². The van der Waals surface area contributed by atoms with Gasteiger partial charge in [-0.15, -0.1) is 0 Å². The van der Waals surface area contributed by atoms with Gasteiger partial charge in [0.05, 0.1) is 11.3 Å². The first-order valence-corrected chi connectivity index (χ1v) is 9.39. The van der Waals surface area contributed by atoms with Gasteiger partial charge in [-0.3, -0.25) is 9.59 Å². The van der Waals surface area contributed by atoms with Gasteiger partial charge in [0.25, 0.3) is 11.8 Å². The van der Waals surface area contributed by atoms with Gasteiger partial charge >= 0.3 is 0 Å². The average Bonchev–Trinajstić information content (AvgIpc) is 3.19. The molecular formula is C22H26N2O3. The molecule has 1 aliphatic rings. The molecule has 5 heteroatoms. The lowest BCUT2D eigenvalue weighted by atomic mass is 10.1. The van der Waals surface area contributed by atoms with Crippen LogP contribution in [0.15, 0.2) is 42.5 Å². The molecule has 0 radical (unpaired) electrons. The van der Waals surface area contributed by atoms with Crippen molar-refractivity contribution in [2.75, 3.05) is 18.4 Å². The predicted octanol–water partition coefficient (Wildman–Crippen LogP) is 3.95. The molecule has 1 aliphatic heterocycles. The zero-order valence-electron chi connectivity index (χ0n) is 16.1. The SMILES string of the molecule is Cc1ccc(O[C@@H](C)C(=O)Nc2ccccc2C(=O)N2CCCC2)cc1C. The topological polar surface area (TPSA) is 58.6 Å². The minimum Gasteiger partial charge on any atom is -0.481 e. The molecule has 0 unspecified atom stereocenters. The monoisotopic (exact) mass is 366 g/mol. The van der Waals surface area contributed by atoms with Crippen LogP contribution in [0, 0.1) is 13.8 Å². The number of hydrogen-bond acceptors (Lipinski definition) is 3. The molecule has 2 amide bonds. The Bertz CT molecular complexity index is 841. The number of amides is 2. The number of likely N-dealkylation sites (tertiary alicyclic amines) is 1. The number of para-hydroxylation sites is 1. The third-order valence-corrected chi connectivity index (χ3v) is 4.97. The molecule has 0 spiro atoms. The molecule has 1 N–H and O–H groups in total. The lowest BCUT2D eigenvalue weighted by Crippen LogP contribution is -2.32. The van der Waals surface area contributed by atoms with Gasteiger partial charge < -0.3 is 15.0 Å². The summed E-state index contributed by atoms with van der Waals surface area (Å²) in [6, 6.07) is 12.9. The van der Waals surface area contributed by atoms with Gasteiger partial charge in [0.15, 0.2) is 6.10 Å². The lowest BCUT2D eigenvalue weighted by Gasteiger charge is -2.19. The van der Waals surface area contributed by atoms with E-state index in [9.17, 15) is 9.59 Å². The number of carbonyl (C=O) groups excluding carboxylic acids is 2. The Morgan fingerprint density at radius 2 is 1.74 bits per heavy atom. The van der Waals surface area contributed by atoms with Gasteiger partial charge in [0.2, 0.25) is 0 Å². The number of nitrogens with one attached hydrogen (secondary N) is 1. The molecule has 1 saturated heterocycles. The Hall–Kier alpha value is -2.82. The van der Waals surface area contributed by atoms with Gasteiger partial charge in [-0.05, 0) is 69.0 Å². The van der Waals surface area contributed by atoms with Crippen LogP contribution in [-0.2, 0) is 4.79 Å². The minimum absolute atomic E-state index is 0.0360. The summed E-state index contributed by atoms with van der Waals surface area (Å²) in [6.45, 7) is 7.28. The van der Waals surface area contributed by atoms with Crippen LogP contribution >= 0.6 is 0 Å². The van der Waals surface area contributed by atoms with Crippen molar-refractivity contribution in [3.8, 4) is 5.75 Å². The van der Waals surface area contributed by atoms with Crippen LogP contribution in [0.1, 0.15) is 41.3 Å². The standard InChI is InChI=1S/C22H26N2O3/c1-15-10-11-18(14-16(15)2)27-17(3)21(25)23-20-9-5-4-8-19(20)22(26)24-12-6-7-13-24/h4-5,8-11,14,17H,6-7,12-13H2,1-3H3,(H,23,25)/t17-/m0/s1. The number of rotatable bonds is 5. The third-order valence-electron chi connectivity index (χ3n) is 4.97. The molecule has 0 aliphatic carbocycles. The van der Waals surface area contributed by atoms with E-state index in [1.54, 1.807) is 19.1 Å². The van der Waals surface area contributed by atoms with E-state index in [0.717, 1.165) is 31.5 Å². The van der Waals surface area contributed by atoms with E-state index in [-0.39, 0.29) is 11.8 Å². The van der Waals surface area contributed by atoms with E-state index < -0.39 is 6.10 Å². The minimum atomic E-state index is -0.679. The van der Waals surface area contributed by atoms with Crippen molar-refractivity contribution in [3.05, 3.63) is 59.2 Å². The summed E-state index contributed by atoms with van der Waals surface area (Å²) in [5.41, 5.74) is 3.33. The highest BCUT2D eigenvalue weighted by Crippen LogP contribution is 2.22. The largest absolute Gasteiger partial charge is 0.481 e. The highest BCUT2D eigenvalue weighted by atomic mass is 16.5. The van der Waals surface area contributed by atoms with Gasteiger partial charge in [-0.2, -0.15) is 0 Å². The van der Waals surface area contributed by atoms with Crippen LogP contribution in [0.5, 0.6) is 5.75 Å². The van der Waals surface area contributed by atoms with Gasteiger partial charge in [0, 0.05) is 13.1 Å². The fraction of sp³-hybridized carbons (Fsp3) is 0.364. The Labute approximate surface area is 160 Å². The van der Waals surface area contributed by atoms with Crippen molar-refractivity contribution in [1.82, 2.24) is 4.90 Å². The fourth-order valence-electron chi connectivity index (χ4n) is 3.15. The first-order chi connectivity index (χ1) is 13.0. The molecular weight excluding hydrogens is 340 g/mol. The summed E-state index contributed by atoms with van der Waals surface area (Å²) in [6.07, 6.45) is 1.38. The lowest BCUT2D eigenvalue weighted by molar-refractivity contribution is -0.122. The first kappa shape index (κ1) is 19.0. The molecule has 142 valence electrons.